The largest absolute Gasteiger partial charge is 0.352 e. The highest BCUT2D eigenvalue weighted by Crippen LogP contribution is 2.20. The number of carbonyl (C=O) groups is 1. The van der Waals surface area contributed by atoms with Gasteiger partial charge in [0, 0.05) is 29.9 Å². The molecule has 0 aliphatic carbocycles. The SMILES string of the molecule is CC(C)CNC(=O)c1ccc(NS(=O)(=O)c2cccc([N+](=O)[O-])c2)cc1. The van der Waals surface area contributed by atoms with E-state index in [1.807, 2.05) is 13.8 Å². The van der Waals surface area contributed by atoms with Gasteiger partial charge in [0.15, 0.2) is 0 Å². The fraction of sp³-hybridized carbons (Fsp3) is 0.235. The van der Waals surface area contributed by atoms with Crippen molar-refractivity contribution in [3.63, 3.8) is 0 Å². The number of sulfonamides is 1. The van der Waals surface area contributed by atoms with E-state index in [1.54, 1.807) is 0 Å². The van der Waals surface area contributed by atoms with E-state index in [9.17, 15) is 23.3 Å². The van der Waals surface area contributed by atoms with Gasteiger partial charge >= 0.3 is 0 Å². The molecule has 26 heavy (non-hydrogen) atoms. The first-order valence-corrected chi connectivity index (χ1v) is 9.33. The number of nitro groups is 1. The molecule has 0 saturated heterocycles. The van der Waals surface area contributed by atoms with Crippen LogP contribution < -0.4 is 10.0 Å². The van der Waals surface area contributed by atoms with Crippen molar-refractivity contribution in [3.05, 3.63) is 64.2 Å². The van der Waals surface area contributed by atoms with Crippen molar-refractivity contribution in [2.75, 3.05) is 11.3 Å². The summed E-state index contributed by atoms with van der Waals surface area (Å²) in [6, 6.07) is 10.7. The number of hydrogen-bond acceptors (Lipinski definition) is 5. The van der Waals surface area contributed by atoms with Crippen molar-refractivity contribution in [1.29, 1.82) is 0 Å². The summed E-state index contributed by atoms with van der Waals surface area (Å²) in [7, 11) is -3.98. The van der Waals surface area contributed by atoms with Crippen LogP contribution in [0, 0.1) is 16.0 Å². The lowest BCUT2D eigenvalue weighted by Crippen LogP contribution is -2.27. The molecule has 0 heterocycles. The minimum absolute atomic E-state index is 0.217. The average molecular weight is 377 g/mol. The second-order valence-electron chi connectivity index (χ2n) is 6.04. The molecule has 0 saturated carbocycles. The van der Waals surface area contributed by atoms with Gasteiger partial charge in [0.1, 0.15) is 0 Å². The molecule has 1 amide bonds. The molecular weight excluding hydrogens is 358 g/mol. The summed E-state index contributed by atoms with van der Waals surface area (Å²) in [6.45, 7) is 4.50. The fourth-order valence-corrected chi connectivity index (χ4v) is 3.16. The Balaban J connectivity index is 2.14. The first-order chi connectivity index (χ1) is 12.2. The quantitative estimate of drug-likeness (QED) is 0.568. The Morgan fingerprint density at radius 1 is 1.15 bits per heavy atom. The number of benzene rings is 2. The lowest BCUT2D eigenvalue weighted by Gasteiger charge is -2.10. The van der Waals surface area contributed by atoms with Crippen LogP contribution in [0.4, 0.5) is 11.4 Å². The molecule has 0 spiro atoms. The number of amides is 1. The van der Waals surface area contributed by atoms with E-state index in [-0.39, 0.29) is 22.2 Å². The van der Waals surface area contributed by atoms with Gasteiger partial charge in [-0.25, -0.2) is 8.42 Å². The van der Waals surface area contributed by atoms with Gasteiger partial charge in [-0.1, -0.05) is 19.9 Å². The van der Waals surface area contributed by atoms with E-state index >= 15 is 0 Å². The molecular formula is C17H19N3O5S. The Morgan fingerprint density at radius 2 is 1.81 bits per heavy atom. The van der Waals surface area contributed by atoms with Crippen LogP contribution in [0.25, 0.3) is 0 Å². The number of hydrogen-bond donors (Lipinski definition) is 2. The molecule has 0 atom stereocenters. The summed E-state index contributed by atoms with van der Waals surface area (Å²) in [5.41, 5.74) is 0.339. The zero-order valence-electron chi connectivity index (χ0n) is 14.3. The second kappa shape index (κ2) is 7.96. The Morgan fingerprint density at radius 3 is 2.38 bits per heavy atom. The highest BCUT2D eigenvalue weighted by atomic mass is 32.2. The first kappa shape index (κ1) is 19.4. The molecule has 2 rings (SSSR count). The van der Waals surface area contributed by atoms with Crippen LogP contribution in [-0.2, 0) is 10.0 Å². The summed E-state index contributed by atoms with van der Waals surface area (Å²) in [5.74, 6) is 0.0757. The van der Waals surface area contributed by atoms with Crippen molar-refractivity contribution in [3.8, 4) is 0 Å². The third kappa shape index (κ3) is 5.03. The van der Waals surface area contributed by atoms with E-state index in [2.05, 4.69) is 10.0 Å². The van der Waals surface area contributed by atoms with Gasteiger partial charge in [0.2, 0.25) is 0 Å². The van der Waals surface area contributed by atoms with Crippen LogP contribution in [0.2, 0.25) is 0 Å². The van der Waals surface area contributed by atoms with E-state index < -0.39 is 14.9 Å². The van der Waals surface area contributed by atoms with Gasteiger partial charge in [0.25, 0.3) is 21.6 Å². The van der Waals surface area contributed by atoms with E-state index in [1.165, 1.54) is 42.5 Å². The number of anilines is 1. The lowest BCUT2D eigenvalue weighted by atomic mass is 10.2. The number of non-ortho nitro benzene ring substituents is 1. The molecule has 8 nitrogen and oxygen atoms in total. The molecule has 9 heteroatoms. The minimum atomic E-state index is -3.98. The number of nitrogens with one attached hydrogen (secondary N) is 2. The van der Waals surface area contributed by atoms with Gasteiger partial charge in [-0.05, 0) is 36.2 Å². The molecule has 0 bridgehead atoms. The summed E-state index contributed by atoms with van der Waals surface area (Å²) in [5, 5.41) is 13.6. The predicted molar refractivity (Wildman–Crippen MR) is 97.5 cm³/mol. The Hall–Kier alpha value is -2.94. The Labute approximate surface area is 151 Å². The highest BCUT2D eigenvalue weighted by Gasteiger charge is 2.18. The third-order valence-corrected chi connectivity index (χ3v) is 4.79. The van der Waals surface area contributed by atoms with E-state index in [4.69, 9.17) is 0 Å². The van der Waals surface area contributed by atoms with Crippen molar-refractivity contribution in [2.24, 2.45) is 5.92 Å². The summed E-state index contributed by atoms with van der Waals surface area (Å²) >= 11 is 0. The van der Waals surface area contributed by atoms with Crippen molar-refractivity contribution >= 4 is 27.3 Å². The first-order valence-electron chi connectivity index (χ1n) is 7.84. The van der Waals surface area contributed by atoms with Crippen molar-refractivity contribution < 1.29 is 18.1 Å². The van der Waals surface area contributed by atoms with Crippen LogP contribution in [0.3, 0.4) is 0 Å². The summed E-state index contributed by atoms with van der Waals surface area (Å²) < 4.78 is 27.1. The fourth-order valence-electron chi connectivity index (χ4n) is 2.07. The topological polar surface area (TPSA) is 118 Å². The molecule has 0 radical (unpaired) electrons. The molecule has 2 aromatic rings. The van der Waals surface area contributed by atoms with Crippen LogP contribution >= 0.6 is 0 Å². The van der Waals surface area contributed by atoms with Gasteiger partial charge < -0.3 is 5.32 Å². The van der Waals surface area contributed by atoms with E-state index in [0.29, 0.717) is 18.0 Å². The maximum Gasteiger partial charge on any atom is 0.270 e. The number of carbonyl (C=O) groups excluding carboxylic acids is 1. The van der Waals surface area contributed by atoms with E-state index in [0.717, 1.165) is 6.07 Å². The number of nitro benzene ring substituents is 1. The van der Waals surface area contributed by atoms with Crippen molar-refractivity contribution in [2.45, 2.75) is 18.7 Å². The van der Waals surface area contributed by atoms with Gasteiger partial charge in [-0.3, -0.25) is 19.6 Å². The normalized spacial score (nSPS) is 11.2. The molecule has 0 aliphatic rings. The van der Waals surface area contributed by atoms with Crippen LogP contribution in [-0.4, -0.2) is 25.8 Å². The van der Waals surface area contributed by atoms with Gasteiger partial charge in [-0.2, -0.15) is 0 Å². The zero-order chi connectivity index (χ0) is 19.3. The third-order valence-electron chi connectivity index (χ3n) is 3.41. The summed E-state index contributed by atoms with van der Waals surface area (Å²) in [4.78, 5) is 21.9. The molecule has 0 aliphatic heterocycles. The standard InChI is InChI=1S/C17H19N3O5S/c1-12(2)11-18-17(21)13-6-8-14(9-7-13)19-26(24,25)16-5-3-4-15(10-16)20(22)23/h3-10,12,19H,11H2,1-2H3,(H,18,21). The lowest BCUT2D eigenvalue weighted by molar-refractivity contribution is -0.385. The Kier molecular flexibility index (Phi) is 5.93. The van der Waals surface area contributed by atoms with Gasteiger partial charge in [-0.15, -0.1) is 0 Å². The van der Waals surface area contributed by atoms with Crippen LogP contribution in [0.15, 0.2) is 53.4 Å². The number of rotatable bonds is 7. The average Bonchev–Trinajstić information content (AvgIpc) is 2.60. The second-order valence-corrected chi connectivity index (χ2v) is 7.72. The molecule has 0 fully saturated rings. The Bertz CT molecular complexity index is 908. The zero-order valence-corrected chi connectivity index (χ0v) is 15.1. The monoisotopic (exact) mass is 377 g/mol. The minimum Gasteiger partial charge on any atom is -0.352 e. The maximum atomic E-state index is 12.4. The molecule has 2 N–H and O–H groups in total. The smallest absolute Gasteiger partial charge is 0.270 e. The van der Waals surface area contributed by atoms with Gasteiger partial charge in [0.05, 0.1) is 9.82 Å². The maximum absolute atomic E-state index is 12.4. The van der Waals surface area contributed by atoms with Crippen molar-refractivity contribution in [1.82, 2.24) is 5.32 Å². The molecule has 0 unspecified atom stereocenters. The van der Waals surface area contributed by atoms with Crippen LogP contribution in [0.1, 0.15) is 24.2 Å². The molecule has 138 valence electrons. The summed E-state index contributed by atoms with van der Waals surface area (Å²) in [6.07, 6.45) is 0. The molecule has 2 aromatic carbocycles. The van der Waals surface area contributed by atoms with Crippen LogP contribution in [0.5, 0.6) is 0 Å². The molecule has 0 aromatic heterocycles. The highest BCUT2D eigenvalue weighted by molar-refractivity contribution is 7.92. The number of nitrogens with zero attached hydrogens (tertiary/aromatic N) is 1. The predicted octanol–water partition coefficient (Wildman–Crippen LogP) is 2.78.